The third-order valence-electron chi connectivity index (χ3n) is 2.73. The van der Waals surface area contributed by atoms with Crippen molar-refractivity contribution in [3.05, 3.63) is 47.1 Å². The van der Waals surface area contributed by atoms with Crippen LogP contribution in [-0.4, -0.2) is 12.5 Å². The number of allylic oxidation sites excluding steroid dienone is 4. The maximum absolute atomic E-state index is 11.7. The fourth-order valence-corrected chi connectivity index (χ4v) is 1.62. The van der Waals surface area contributed by atoms with E-state index in [1.807, 2.05) is 39.0 Å². The molecule has 0 aromatic rings. The van der Waals surface area contributed by atoms with Crippen molar-refractivity contribution in [2.24, 2.45) is 0 Å². The van der Waals surface area contributed by atoms with Crippen LogP contribution >= 0.6 is 0 Å². The predicted molar refractivity (Wildman–Crippen MR) is 68.0 cm³/mol. The highest BCUT2D eigenvalue weighted by molar-refractivity contribution is 5.98. The fourth-order valence-electron chi connectivity index (χ4n) is 1.62. The lowest BCUT2D eigenvalue weighted by molar-refractivity contribution is -0.117. The largest absolute Gasteiger partial charge is 0.352 e. The van der Waals surface area contributed by atoms with Gasteiger partial charge in [0, 0.05) is 12.1 Å². The second-order valence-corrected chi connectivity index (χ2v) is 4.05. The molecular formula is C14H19NO. The first-order valence-corrected chi connectivity index (χ1v) is 5.54. The Balaban J connectivity index is 2.98. The van der Waals surface area contributed by atoms with Gasteiger partial charge in [0.05, 0.1) is 0 Å². The first-order valence-electron chi connectivity index (χ1n) is 5.54. The molecule has 0 saturated carbocycles. The normalized spacial score (nSPS) is 17.9. The lowest BCUT2D eigenvalue weighted by Crippen LogP contribution is -2.30. The van der Waals surface area contributed by atoms with Crippen molar-refractivity contribution < 1.29 is 4.79 Å². The molecule has 0 fully saturated rings. The van der Waals surface area contributed by atoms with E-state index >= 15 is 0 Å². The molecule has 16 heavy (non-hydrogen) atoms. The maximum atomic E-state index is 11.7. The van der Waals surface area contributed by atoms with E-state index in [0.29, 0.717) is 0 Å². The summed E-state index contributed by atoms with van der Waals surface area (Å²) in [5.41, 5.74) is 3.91. The molecule has 1 amide bonds. The lowest BCUT2D eigenvalue weighted by atomic mass is 9.98. The number of nitrogens with one attached hydrogen (secondary N) is 1. The number of carbonyl (C=O) groups is 1. The SMILES string of the molecule is C=C(/C=C\C)/C(C)=C/C1=C(C)CCNC1=O. The van der Waals surface area contributed by atoms with Crippen molar-refractivity contribution in [3.63, 3.8) is 0 Å². The summed E-state index contributed by atoms with van der Waals surface area (Å²) in [6.07, 6.45) is 6.75. The van der Waals surface area contributed by atoms with Gasteiger partial charge in [-0.3, -0.25) is 4.79 Å². The third-order valence-corrected chi connectivity index (χ3v) is 2.73. The van der Waals surface area contributed by atoms with E-state index in [9.17, 15) is 4.79 Å². The highest BCUT2D eigenvalue weighted by Gasteiger charge is 2.15. The molecule has 1 rings (SSSR count). The summed E-state index contributed by atoms with van der Waals surface area (Å²) in [5, 5.41) is 2.85. The van der Waals surface area contributed by atoms with E-state index in [0.717, 1.165) is 35.3 Å². The summed E-state index contributed by atoms with van der Waals surface area (Å²) in [6.45, 7) is 10.6. The van der Waals surface area contributed by atoms with Crippen molar-refractivity contribution >= 4 is 5.91 Å². The van der Waals surface area contributed by atoms with E-state index in [1.54, 1.807) is 0 Å². The van der Waals surface area contributed by atoms with Crippen LogP contribution in [0.4, 0.5) is 0 Å². The second-order valence-electron chi connectivity index (χ2n) is 4.05. The van der Waals surface area contributed by atoms with Crippen molar-refractivity contribution in [1.29, 1.82) is 0 Å². The minimum Gasteiger partial charge on any atom is -0.352 e. The molecule has 1 aliphatic heterocycles. The number of hydrogen-bond acceptors (Lipinski definition) is 1. The Morgan fingerprint density at radius 3 is 2.75 bits per heavy atom. The monoisotopic (exact) mass is 217 g/mol. The molecule has 1 N–H and O–H groups in total. The Hall–Kier alpha value is -1.57. The van der Waals surface area contributed by atoms with Crippen molar-refractivity contribution in [2.45, 2.75) is 27.2 Å². The average molecular weight is 217 g/mol. The molecule has 0 aromatic heterocycles. The van der Waals surface area contributed by atoms with Gasteiger partial charge in [0.1, 0.15) is 0 Å². The Bertz CT molecular complexity index is 397. The van der Waals surface area contributed by atoms with Gasteiger partial charge in [-0.15, -0.1) is 0 Å². The molecular weight excluding hydrogens is 198 g/mol. The van der Waals surface area contributed by atoms with Gasteiger partial charge < -0.3 is 5.32 Å². The van der Waals surface area contributed by atoms with Crippen LogP contribution in [0, 0.1) is 0 Å². The zero-order chi connectivity index (χ0) is 12.1. The smallest absolute Gasteiger partial charge is 0.251 e. The van der Waals surface area contributed by atoms with E-state index in [4.69, 9.17) is 0 Å². The standard InChI is InChI=1S/C14H19NO/c1-5-6-10(2)12(4)9-13-11(3)7-8-15-14(13)16/h5-6,9H,2,7-8H2,1,3-4H3,(H,15,16)/b6-5-,12-9+. The minimum absolute atomic E-state index is 0.0244. The third kappa shape index (κ3) is 2.96. The molecule has 1 aliphatic rings. The number of amides is 1. The van der Waals surface area contributed by atoms with Crippen LogP contribution in [0.25, 0.3) is 0 Å². The van der Waals surface area contributed by atoms with Gasteiger partial charge in [-0.25, -0.2) is 0 Å². The van der Waals surface area contributed by atoms with Crippen LogP contribution in [0.5, 0.6) is 0 Å². The van der Waals surface area contributed by atoms with Crippen LogP contribution in [-0.2, 0) is 4.79 Å². The minimum atomic E-state index is 0.0244. The highest BCUT2D eigenvalue weighted by Crippen LogP contribution is 2.18. The van der Waals surface area contributed by atoms with Crippen LogP contribution in [0.3, 0.4) is 0 Å². The highest BCUT2D eigenvalue weighted by atomic mass is 16.1. The van der Waals surface area contributed by atoms with Crippen molar-refractivity contribution in [3.8, 4) is 0 Å². The van der Waals surface area contributed by atoms with E-state index in [2.05, 4.69) is 11.9 Å². The molecule has 0 spiro atoms. The summed E-state index contributed by atoms with van der Waals surface area (Å²) in [4.78, 5) is 11.7. The second kappa shape index (κ2) is 5.50. The number of carbonyl (C=O) groups excluding carboxylic acids is 1. The van der Waals surface area contributed by atoms with Gasteiger partial charge in [-0.05, 0) is 44.4 Å². The number of hydrogen-bond donors (Lipinski definition) is 1. The maximum Gasteiger partial charge on any atom is 0.251 e. The van der Waals surface area contributed by atoms with Gasteiger partial charge in [0.25, 0.3) is 5.91 Å². The first-order chi connectivity index (χ1) is 7.56. The molecule has 0 radical (unpaired) electrons. The predicted octanol–water partition coefficient (Wildman–Crippen LogP) is 2.90. The summed E-state index contributed by atoms with van der Waals surface area (Å²) in [7, 11) is 0. The van der Waals surface area contributed by atoms with E-state index < -0.39 is 0 Å². The molecule has 0 bridgehead atoms. The van der Waals surface area contributed by atoms with Crippen LogP contribution in [0.15, 0.2) is 47.1 Å². The van der Waals surface area contributed by atoms with Gasteiger partial charge in [-0.1, -0.05) is 24.3 Å². The molecule has 2 heteroatoms. The van der Waals surface area contributed by atoms with E-state index in [1.165, 1.54) is 0 Å². The zero-order valence-corrected chi connectivity index (χ0v) is 10.3. The molecule has 86 valence electrons. The Morgan fingerprint density at radius 2 is 2.19 bits per heavy atom. The molecule has 0 atom stereocenters. The van der Waals surface area contributed by atoms with Crippen LogP contribution in [0.1, 0.15) is 27.2 Å². The molecule has 2 nitrogen and oxygen atoms in total. The van der Waals surface area contributed by atoms with Crippen LogP contribution in [0.2, 0.25) is 0 Å². The first kappa shape index (κ1) is 12.5. The quantitative estimate of drug-likeness (QED) is 0.724. The number of rotatable bonds is 3. The van der Waals surface area contributed by atoms with Gasteiger partial charge in [0.2, 0.25) is 0 Å². The van der Waals surface area contributed by atoms with Crippen LogP contribution < -0.4 is 5.32 Å². The summed E-state index contributed by atoms with van der Waals surface area (Å²) < 4.78 is 0. The molecule has 0 aliphatic carbocycles. The summed E-state index contributed by atoms with van der Waals surface area (Å²) >= 11 is 0. The summed E-state index contributed by atoms with van der Waals surface area (Å²) in [6, 6.07) is 0. The van der Waals surface area contributed by atoms with Gasteiger partial charge >= 0.3 is 0 Å². The Kier molecular flexibility index (Phi) is 4.29. The molecule has 0 saturated heterocycles. The molecule has 1 heterocycles. The molecule has 0 unspecified atom stereocenters. The van der Waals surface area contributed by atoms with Gasteiger partial charge in [0.15, 0.2) is 0 Å². The average Bonchev–Trinajstić information content (AvgIpc) is 2.23. The van der Waals surface area contributed by atoms with Gasteiger partial charge in [-0.2, -0.15) is 0 Å². The fraction of sp³-hybridized carbons (Fsp3) is 0.357. The van der Waals surface area contributed by atoms with Crippen molar-refractivity contribution in [2.75, 3.05) is 6.54 Å². The van der Waals surface area contributed by atoms with E-state index in [-0.39, 0.29) is 5.91 Å². The lowest BCUT2D eigenvalue weighted by Gasteiger charge is -2.16. The molecule has 0 aromatic carbocycles. The van der Waals surface area contributed by atoms with Crippen molar-refractivity contribution in [1.82, 2.24) is 5.32 Å². The summed E-state index contributed by atoms with van der Waals surface area (Å²) in [5.74, 6) is 0.0244. The Labute approximate surface area is 97.4 Å². The zero-order valence-electron chi connectivity index (χ0n) is 10.3. The Morgan fingerprint density at radius 1 is 1.50 bits per heavy atom. The topological polar surface area (TPSA) is 29.1 Å².